The molecule has 9 nitrogen and oxygen atoms in total. The average Bonchev–Trinajstić information content (AvgIpc) is 3.24. The van der Waals surface area contributed by atoms with E-state index in [0.29, 0.717) is 43.9 Å². The fourth-order valence-corrected chi connectivity index (χ4v) is 4.30. The van der Waals surface area contributed by atoms with Gasteiger partial charge in [0.05, 0.1) is 23.8 Å². The van der Waals surface area contributed by atoms with Gasteiger partial charge in [0.15, 0.2) is 0 Å². The van der Waals surface area contributed by atoms with E-state index in [4.69, 9.17) is 4.74 Å². The van der Waals surface area contributed by atoms with Gasteiger partial charge < -0.3 is 20.1 Å². The number of nitrogens with zero attached hydrogens (tertiary/aromatic N) is 4. The first-order valence-electron chi connectivity index (χ1n) is 11.7. The predicted octanol–water partition coefficient (Wildman–Crippen LogP) is 3.53. The van der Waals surface area contributed by atoms with Gasteiger partial charge in [-0.2, -0.15) is 4.98 Å². The molecule has 0 aliphatic carbocycles. The Bertz CT molecular complexity index is 1100. The summed E-state index contributed by atoms with van der Waals surface area (Å²) in [5.74, 6) is -0.209. The quantitative estimate of drug-likeness (QED) is 0.580. The van der Waals surface area contributed by atoms with Crippen molar-refractivity contribution in [2.75, 3.05) is 29.9 Å². The number of carbonyl (C=O) groups excluding carboxylic acids is 2. The first kappa shape index (κ1) is 24.6. The normalized spacial score (nSPS) is 19.6. The van der Waals surface area contributed by atoms with Gasteiger partial charge in [-0.05, 0) is 42.5 Å². The summed E-state index contributed by atoms with van der Waals surface area (Å²) >= 11 is 0. The van der Waals surface area contributed by atoms with Gasteiger partial charge in [-0.1, -0.05) is 26.0 Å². The van der Waals surface area contributed by atoms with E-state index in [0.717, 1.165) is 0 Å². The highest BCUT2D eigenvalue weighted by Crippen LogP contribution is 2.27. The summed E-state index contributed by atoms with van der Waals surface area (Å²) in [6, 6.07) is 5.37. The third kappa shape index (κ3) is 5.27. The lowest BCUT2D eigenvalue weighted by atomic mass is 10.0. The van der Waals surface area contributed by atoms with Crippen molar-refractivity contribution in [3.05, 3.63) is 60.1 Å². The minimum Gasteiger partial charge on any atom is -0.447 e. The highest BCUT2D eigenvalue weighted by molar-refractivity contribution is 5.94. The van der Waals surface area contributed by atoms with Crippen LogP contribution in [0.4, 0.5) is 21.0 Å². The predicted molar refractivity (Wildman–Crippen MR) is 129 cm³/mol. The van der Waals surface area contributed by atoms with Crippen LogP contribution in [-0.2, 0) is 4.74 Å². The Hall–Kier alpha value is -3.53. The smallest absolute Gasteiger partial charge is 0.415 e. The van der Waals surface area contributed by atoms with Crippen molar-refractivity contribution in [2.24, 2.45) is 5.92 Å². The van der Waals surface area contributed by atoms with E-state index in [1.54, 1.807) is 23.1 Å². The standard InChI is InChI=1S/C25H30FN5O4/c1-4-20(16-5-6-18(19(26)13-16)23(33)30-11-8-17(32)9-12-30)28-24-27-10-7-22(29-24)31-21(15(2)3)14-35-25(31)34/h4-7,10,13,15,17,20-21,32H,1,8-9,11-12,14H2,2-3H3,(H,27,28,29). The Morgan fingerprint density at radius 3 is 2.71 bits per heavy atom. The lowest BCUT2D eigenvalue weighted by molar-refractivity contribution is 0.0542. The molecule has 4 rings (SSSR count). The molecule has 0 bridgehead atoms. The van der Waals surface area contributed by atoms with Crippen molar-refractivity contribution in [3.8, 4) is 0 Å². The van der Waals surface area contributed by atoms with Crippen LogP contribution in [-0.4, -0.2) is 63.8 Å². The number of likely N-dealkylation sites (tertiary alicyclic amines) is 1. The van der Waals surface area contributed by atoms with Crippen LogP contribution in [0.5, 0.6) is 0 Å². The number of ether oxygens (including phenoxy) is 1. The lowest BCUT2D eigenvalue weighted by Gasteiger charge is -2.29. The van der Waals surface area contributed by atoms with E-state index < -0.39 is 30.0 Å². The Labute approximate surface area is 203 Å². The molecule has 0 saturated carbocycles. The van der Waals surface area contributed by atoms with E-state index in [1.807, 2.05) is 13.8 Å². The molecule has 2 fully saturated rings. The second-order valence-corrected chi connectivity index (χ2v) is 9.12. The van der Waals surface area contributed by atoms with Crippen molar-refractivity contribution in [2.45, 2.75) is 44.9 Å². The Morgan fingerprint density at radius 2 is 2.06 bits per heavy atom. The highest BCUT2D eigenvalue weighted by atomic mass is 19.1. The van der Waals surface area contributed by atoms with E-state index in [2.05, 4.69) is 21.9 Å². The summed E-state index contributed by atoms with van der Waals surface area (Å²) in [5.41, 5.74) is 0.524. The van der Waals surface area contributed by atoms with Crippen molar-refractivity contribution >= 4 is 23.8 Å². The first-order chi connectivity index (χ1) is 16.8. The number of anilines is 2. The second kappa shape index (κ2) is 10.4. The molecule has 35 heavy (non-hydrogen) atoms. The molecule has 2 unspecified atom stereocenters. The number of cyclic esters (lactones) is 1. The molecule has 2 saturated heterocycles. The molecule has 0 spiro atoms. The number of aliphatic hydroxyl groups is 1. The summed E-state index contributed by atoms with van der Waals surface area (Å²) in [4.78, 5) is 36.8. The summed E-state index contributed by atoms with van der Waals surface area (Å²) in [5, 5.41) is 12.7. The first-order valence-corrected chi connectivity index (χ1v) is 11.7. The maximum atomic E-state index is 14.9. The number of halogens is 1. The number of piperidine rings is 1. The minimum atomic E-state index is -0.637. The summed E-state index contributed by atoms with van der Waals surface area (Å²) < 4.78 is 20.2. The topological polar surface area (TPSA) is 108 Å². The lowest BCUT2D eigenvalue weighted by Crippen LogP contribution is -2.40. The van der Waals surface area contributed by atoms with Crippen molar-refractivity contribution in [1.29, 1.82) is 0 Å². The number of rotatable bonds is 7. The maximum Gasteiger partial charge on any atom is 0.415 e. The van der Waals surface area contributed by atoms with Crippen LogP contribution >= 0.6 is 0 Å². The molecule has 2 N–H and O–H groups in total. The molecular formula is C25H30FN5O4. The summed E-state index contributed by atoms with van der Waals surface area (Å²) in [6.07, 6.45) is 3.21. The van der Waals surface area contributed by atoms with Crippen LogP contribution in [0.3, 0.4) is 0 Å². The van der Waals surface area contributed by atoms with E-state index in [9.17, 15) is 19.1 Å². The number of nitrogens with one attached hydrogen (secondary N) is 1. The van der Waals surface area contributed by atoms with E-state index >= 15 is 0 Å². The van der Waals surface area contributed by atoms with Gasteiger partial charge in [-0.15, -0.1) is 6.58 Å². The zero-order valence-corrected chi connectivity index (χ0v) is 19.9. The molecule has 2 amide bonds. The number of amides is 2. The third-order valence-electron chi connectivity index (χ3n) is 6.42. The number of aromatic nitrogens is 2. The number of hydrogen-bond donors (Lipinski definition) is 2. The zero-order valence-electron chi connectivity index (χ0n) is 19.9. The molecule has 2 atom stereocenters. The Balaban J connectivity index is 1.50. The molecule has 1 aromatic heterocycles. The monoisotopic (exact) mass is 483 g/mol. The molecule has 0 radical (unpaired) electrons. The molecule has 186 valence electrons. The average molecular weight is 484 g/mol. The van der Waals surface area contributed by atoms with Crippen LogP contribution in [0.2, 0.25) is 0 Å². The SMILES string of the molecule is C=CC(Nc1nccc(N2C(=O)OCC2C(C)C)n1)c1ccc(C(=O)N2CCC(O)CC2)c(F)c1. The zero-order chi connectivity index (χ0) is 25.1. The number of carbonyl (C=O) groups is 2. The van der Waals surface area contributed by atoms with Gasteiger partial charge in [-0.25, -0.2) is 14.2 Å². The summed E-state index contributed by atoms with van der Waals surface area (Å²) in [6.45, 7) is 8.92. The van der Waals surface area contributed by atoms with Crippen LogP contribution in [0, 0.1) is 11.7 Å². The van der Waals surface area contributed by atoms with Crippen molar-refractivity contribution in [3.63, 3.8) is 0 Å². The molecule has 3 heterocycles. The van der Waals surface area contributed by atoms with Crippen molar-refractivity contribution in [1.82, 2.24) is 14.9 Å². The van der Waals surface area contributed by atoms with E-state index in [1.165, 1.54) is 23.2 Å². The minimum absolute atomic E-state index is 0.0153. The third-order valence-corrected chi connectivity index (χ3v) is 6.42. The van der Waals surface area contributed by atoms with Gasteiger partial charge in [0.25, 0.3) is 5.91 Å². The highest BCUT2D eigenvalue weighted by Gasteiger charge is 2.37. The van der Waals surface area contributed by atoms with E-state index in [-0.39, 0.29) is 23.5 Å². The summed E-state index contributed by atoms with van der Waals surface area (Å²) in [7, 11) is 0. The van der Waals surface area contributed by atoms with Gasteiger partial charge in [0.2, 0.25) is 5.95 Å². The number of benzene rings is 1. The Kier molecular flexibility index (Phi) is 7.30. The van der Waals surface area contributed by atoms with Crippen LogP contribution in [0.25, 0.3) is 0 Å². The molecule has 2 aliphatic rings. The Morgan fingerprint density at radius 1 is 1.31 bits per heavy atom. The maximum absolute atomic E-state index is 14.9. The van der Waals surface area contributed by atoms with Crippen LogP contribution in [0.1, 0.15) is 48.7 Å². The molecule has 1 aromatic carbocycles. The molecular weight excluding hydrogens is 453 g/mol. The van der Waals surface area contributed by atoms with Gasteiger partial charge in [0.1, 0.15) is 18.2 Å². The van der Waals surface area contributed by atoms with Gasteiger partial charge in [0, 0.05) is 19.3 Å². The molecule has 2 aromatic rings. The fraction of sp³-hybridized carbons (Fsp3) is 0.440. The van der Waals surface area contributed by atoms with Gasteiger partial charge in [-0.3, -0.25) is 9.69 Å². The molecule has 2 aliphatic heterocycles. The largest absolute Gasteiger partial charge is 0.447 e. The molecule has 10 heteroatoms. The van der Waals surface area contributed by atoms with Gasteiger partial charge >= 0.3 is 6.09 Å². The second-order valence-electron chi connectivity index (χ2n) is 9.12. The van der Waals surface area contributed by atoms with Crippen molar-refractivity contribution < 1.29 is 23.8 Å². The van der Waals surface area contributed by atoms with Crippen LogP contribution in [0.15, 0.2) is 43.1 Å². The number of hydrogen-bond acceptors (Lipinski definition) is 7. The fourth-order valence-electron chi connectivity index (χ4n) is 4.30. The van der Waals surface area contributed by atoms with Crippen LogP contribution < -0.4 is 10.2 Å². The number of aliphatic hydroxyl groups excluding tert-OH is 1.